The summed E-state index contributed by atoms with van der Waals surface area (Å²) < 4.78 is 0. The van der Waals surface area contributed by atoms with E-state index in [9.17, 15) is 24.3 Å². The molecular weight excluding hydrogens is 446 g/mol. The van der Waals surface area contributed by atoms with Gasteiger partial charge in [-0.05, 0) is 44.4 Å². The number of nitrogens with two attached hydrogens (primary N) is 3. The van der Waals surface area contributed by atoms with Gasteiger partial charge in [-0.2, -0.15) is 0 Å². The third kappa shape index (κ3) is 10.2. The summed E-state index contributed by atoms with van der Waals surface area (Å²) in [5, 5.41) is 25.8. The first kappa shape index (κ1) is 28.2. The molecule has 0 saturated carbocycles. The molecule has 0 heterocycles. The van der Waals surface area contributed by atoms with E-state index in [1.54, 1.807) is 12.1 Å². The normalized spacial score (nSPS) is 14.1. The van der Waals surface area contributed by atoms with Gasteiger partial charge in [0.2, 0.25) is 17.7 Å². The maximum Gasteiger partial charge on any atom is 0.325 e. The molecule has 13 nitrogen and oxygen atoms in total. The monoisotopic (exact) mass is 479 g/mol. The van der Waals surface area contributed by atoms with Crippen LogP contribution in [0.2, 0.25) is 0 Å². The van der Waals surface area contributed by atoms with Crippen molar-refractivity contribution in [1.29, 1.82) is 0 Å². The second kappa shape index (κ2) is 13.6. The van der Waals surface area contributed by atoms with Crippen molar-refractivity contribution in [3.05, 3.63) is 29.8 Å². The summed E-state index contributed by atoms with van der Waals surface area (Å²) in [5.74, 6) is -3.22. The molecule has 34 heavy (non-hydrogen) atoms. The minimum absolute atomic E-state index is 0.0230. The SMILES string of the molecule is CC(NC(=O)C(Cc1ccc(O)cc1)NC(=O)C(C)NC(=O)C(N)CCCN=C(N)N)C(=O)O. The molecule has 0 aliphatic carbocycles. The van der Waals surface area contributed by atoms with Gasteiger partial charge in [0.25, 0.3) is 0 Å². The molecule has 1 rings (SSSR count). The molecule has 0 bridgehead atoms. The highest BCUT2D eigenvalue weighted by Gasteiger charge is 2.27. The number of aliphatic carboxylic acids is 1. The zero-order chi connectivity index (χ0) is 25.8. The number of carbonyl (C=O) groups is 4. The fourth-order valence-electron chi connectivity index (χ4n) is 2.79. The summed E-state index contributed by atoms with van der Waals surface area (Å²) in [6.45, 7) is 3.02. The molecule has 0 aromatic heterocycles. The van der Waals surface area contributed by atoms with Gasteiger partial charge in [-0.1, -0.05) is 12.1 Å². The van der Waals surface area contributed by atoms with Crippen LogP contribution in [0, 0.1) is 0 Å². The number of benzene rings is 1. The molecule has 0 aliphatic rings. The molecule has 1 aromatic carbocycles. The Morgan fingerprint density at radius 2 is 1.53 bits per heavy atom. The highest BCUT2D eigenvalue weighted by molar-refractivity contribution is 5.94. The average molecular weight is 480 g/mol. The summed E-state index contributed by atoms with van der Waals surface area (Å²) in [6, 6.07) is 1.74. The Morgan fingerprint density at radius 1 is 0.941 bits per heavy atom. The van der Waals surface area contributed by atoms with Crippen molar-refractivity contribution in [2.75, 3.05) is 6.54 Å². The third-order valence-electron chi connectivity index (χ3n) is 4.79. The minimum Gasteiger partial charge on any atom is -0.508 e. The number of phenols is 1. The fourth-order valence-corrected chi connectivity index (χ4v) is 2.79. The van der Waals surface area contributed by atoms with Gasteiger partial charge in [0.05, 0.1) is 6.04 Å². The van der Waals surface area contributed by atoms with Gasteiger partial charge < -0.3 is 43.4 Å². The number of nitrogens with one attached hydrogen (secondary N) is 3. The van der Waals surface area contributed by atoms with Crippen LogP contribution in [-0.4, -0.2) is 70.6 Å². The molecule has 1 aromatic rings. The average Bonchev–Trinajstić information content (AvgIpc) is 2.76. The van der Waals surface area contributed by atoms with E-state index in [-0.39, 0.29) is 24.6 Å². The van der Waals surface area contributed by atoms with E-state index < -0.39 is 47.9 Å². The predicted molar refractivity (Wildman–Crippen MR) is 124 cm³/mol. The van der Waals surface area contributed by atoms with Gasteiger partial charge in [-0.15, -0.1) is 0 Å². The van der Waals surface area contributed by atoms with E-state index >= 15 is 0 Å². The van der Waals surface area contributed by atoms with Gasteiger partial charge >= 0.3 is 5.97 Å². The van der Waals surface area contributed by atoms with Crippen LogP contribution in [-0.2, 0) is 25.6 Å². The lowest BCUT2D eigenvalue weighted by Gasteiger charge is -2.23. The highest BCUT2D eigenvalue weighted by Crippen LogP contribution is 2.12. The lowest BCUT2D eigenvalue weighted by molar-refractivity contribution is -0.141. The maximum atomic E-state index is 12.7. The number of aliphatic imine (C=N–C) groups is 1. The molecule has 0 fully saturated rings. The Morgan fingerprint density at radius 3 is 2.09 bits per heavy atom. The standard InChI is InChI=1S/C21H33N7O6/c1-11(26-18(31)15(22)4-3-9-25-21(23)24)17(30)28-16(19(32)27-12(2)20(33)34)10-13-5-7-14(29)8-6-13/h5-8,11-12,15-16,29H,3-4,9-10,22H2,1-2H3,(H,26,31)(H,27,32)(H,28,30)(H,33,34)(H4,23,24,25). The summed E-state index contributed by atoms with van der Waals surface area (Å²) in [6.07, 6.45) is 0.773. The van der Waals surface area contributed by atoms with E-state index in [1.807, 2.05) is 0 Å². The summed E-state index contributed by atoms with van der Waals surface area (Å²) in [5.41, 5.74) is 16.9. The molecular formula is C21H33N7O6. The lowest BCUT2D eigenvalue weighted by Crippen LogP contribution is -2.56. The number of hydrogen-bond donors (Lipinski definition) is 8. The molecule has 4 unspecified atom stereocenters. The second-order valence-corrected chi connectivity index (χ2v) is 7.79. The number of amides is 3. The lowest BCUT2D eigenvalue weighted by atomic mass is 10.0. The minimum atomic E-state index is -1.24. The third-order valence-corrected chi connectivity index (χ3v) is 4.79. The van der Waals surface area contributed by atoms with E-state index in [4.69, 9.17) is 22.3 Å². The van der Waals surface area contributed by atoms with E-state index in [2.05, 4.69) is 20.9 Å². The van der Waals surface area contributed by atoms with Crippen molar-refractivity contribution in [3.63, 3.8) is 0 Å². The van der Waals surface area contributed by atoms with Crippen LogP contribution in [0.4, 0.5) is 0 Å². The molecule has 0 radical (unpaired) electrons. The number of rotatable bonds is 13. The first-order valence-electron chi connectivity index (χ1n) is 10.6. The number of carboxylic acid groups (broad SMARTS) is 1. The molecule has 0 aliphatic heterocycles. The second-order valence-electron chi connectivity index (χ2n) is 7.79. The van der Waals surface area contributed by atoms with Gasteiger partial charge in [0.1, 0.15) is 23.9 Å². The number of carbonyl (C=O) groups excluding carboxylic acids is 3. The van der Waals surface area contributed by atoms with Gasteiger partial charge in [0, 0.05) is 13.0 Å². The van der Waals surface area contributed by atoms with Crippen molar-refractivity contribution >= 4 is 29.7 Å². The van der Waals surface area contributed by atoms with E-state index in [0.717, 1.165) is 0 Å². The Balaban J connectivity index is 2.78. The Bertz CT molecular complexity index is 886. The zero-order valence-corrected chi connectivity index (χ0v) is 19.2. The molecule has 188 valence electrons. The van der Waals surface area contributed by atoms with Gasteiger partial charge in [-0.25, -0.2) is 0 Å². The van der Waals surface area contributed by atoms with Crippen molar-refractivity contribution in [3.8, 4) is 5.75 Å². The summed E-state index contributed by atoms with van der Waals surface area (Å²) >= 11 is 0. The maximum absolute atomic E-state index is 12.7. The smallest absolute Gasteiger partial charge is 0.325 e. The summed E-state index contributed by atoms with van der Waals surface area (Å²) in [4.78, 5) is 52.5. The van der Waals surface area contributed by atoms with Crippen LogP contribution in [0.15, 0.2) is 29.3 Å². The number of phenolic OH excluding ortho intramolecular Hbond substituents is 1. The van der Waals surface area contributed by atoms with Crippen LogP contribution in [0.3, 0.4) is 0 Å². The number of guanidine groups is 1. The first-order chi connectivity index (χ1) is 15.9. The quantitative estimate of drug-likeness (QED) is 0.0876. The van der Waals surface area contributed by atoms with E-state index in [1.165, 1.54) is 26.0 Å². The Hall–Kier alpha value is -3.87. The Kier molecular flexibility index (Phi) is 11.3. The van der Waals surface area contributed by atoms with Crippen LogP contribution in [0.1, 0.15) is 32.3 Å². The molecule has 4 atom stereocenters. The topological polar surface area (TPSA) is 235 Å². The Labute approximate surface area is 197 Å². The van der Waals surface area contributed by atoms with Crippen molar-refractivity contribution < 1.29 is 29.4 Å². The van der Waals surface area contributed by atoms with Crippen LogP contribution >= 0.6 is 0 Å². The fraction of sp³-hybridized carbons (Fsp3) is 0.476. The molecule has 0 spiro atoms. The number of hydrogen-bond acceptors (Lipinski definition) is 7. The van der Waals surface area contributed by atoms with Crippen molar-refractivity contribution in [2.24, 2.45) is 22.2 Å². The highest BCUT2D eigenvalue weighted by atomic mass is 16.4. The number of carboxylic acids is 1. The van der Waals surface area contributed by atoms with Crippen LogP contribution in [0.25, 0.3) is 0 Å². The van der Waals surface area contributed by atoms with Gasteiger partial charge in [0.15, 0.2) is 5.96 Å². The number of aromatic hydroxyl groups is 1. The van der Waals surface area contributed by atoms with Gasteiger partial charge in [-0.3, -0.25) is 24.2 Å². The molecule has 13 heteroatoms. The van der Waals surface area contributed by atoms with E-state index in [0.29, 0.717) is 18.5 Å². The van der Waals surface area contributed by atoms with Crippen molar-refractivity contribution in [2.45, 2.75) is 57.3 Å². The summed E-state index contributed by atoms with van der Waals surface area (Å²) in [7, 11) is 0. The molecule has 0 saturated heterocycles. The van der Waals surface area contributed by atoms with Crippen LogP contribution in [0.5, 0.6) is 5.75 Å². The molecule has 3 amide bonds. The first-order valence-corrected chi connectivity index (χ1v) is 10.6. The van der Waals surface area contributed by atoms with Crippen molar-refractivity contribution in [1.82, 2.24) is 16.0 Å². The predicted octanol–water partition coefficient (Wildman–Crippen LogP) is -2.11. The molecule has 11 N–H and O–H groups in total. The number of nitrogens with zero attached hydrogens (tertiary/aromatic N) is 1. The van der Waals surface area contributed by atoms with Crippen LogP contribution < -0.4 is 33.2 Å². The largest absolute Gasteiger partial charge is 0.508 e. The zero-order valence-electron chi connectivity index (χ0n) is 19.2.